The summed E-state index contributed by atoms with van der Waals surface area (Å²) in [5.74, 6) is -0.573. The van der Waals surface area contributed by atoms with Crippen molar-refractivity contribution in [1.82, 2.24) is 0 Å². The number of ether oxygens (including phenoxy) is 1. The summed E-state index contributed by atoms with van der Waals surface area (Å²) in [6, 6.07) is 7.75. The van der Waals surface area contributed by atoms with Crippen LogP contribution in [0.4, 0.5) is 0 Å². The molecule has 0 N–H and O–H groups in total. The Morgan fingerprint density at radius 3 is 2.76 bits per heavy atom. The molecule has 0 aliphatic rings. The van der Waals surface area contributed by atoms with Crippen LogP contribution in [-0.4, -0.2) is 12.6 Å². The van der Waals surface area contributed by atoms with E-state index in [9.17, 15) is 4.79 Å². The zero-order valence-electron chi connectivity index (χ0n) is 10.3. The second-order valence-corrected chi connectivity index (χ2v) is 3.75. The van der Waals surface area contributed by atoms with E-state index in [-0.39, 0.29) is 12.2 Å². The van der Waals surface area contributed by atoms with Crippen LogP contribution in [0.15, 0.2) is 23.8 Å². The van der Waals surface area contributed by atoms with Crippen molar-refractivity contribution in [1.29, 1.82) is 5.26 Å². The van der Waals surface area contributed by atoms with Crippen LogP contribution in [0.25, 0.3) is 6.08 Å². The Kier molecular flexibility index (Phi) is 4.47. The predicted molar refractivity (Wildman–Crippen MR) is 66.1 cm³/mol. The Hall–Kier alpha value is -2.08. The number of rotatable bonds is 3. The Labute approximate surface area is 101 Å². The van der Waals surface area contributed by atoms with E-state index < -0.39 is 5.97 Å². The van der Waals surface area contributed by atoms with Crippen molar-refractivity contribution >= 4 is 12.0 Å². The first-order chi connectivity index (χ1) is 8.08. The summed E-state index contributed by atoms with van der Waals surface area (Å²) in [7, 11) is 0. The van der Waals surface area contributed by atoms with Crippen LogP contribution in [0.2, 0.25) is 0 Å². The third-order valence-corrected chi connectivity index (χ3v) is 2.35. The molecule has 88 valence electrons. The van der Waals surface area contributed by atoms with Crippen molar-refractivity contribution < 1.29 is 9.53 Å². The molecule has 0 atom stereocenters. The summed E-state index contributed by atoms with van der Waals surface area (Å²) in [5.41, 5.74) is 3.01. The Balaban J connectivity index is 3.11. The van der Waals surface area contributed by atoms with Gasteiger partial charge in [-0.05, 0) is 38.0 Å². The maximum Gasteiger partial charge on any atom is 0.348 e. The van der Waals surface area contributed by atoms with Crippen molar-refractivity contribution in [2.24, 2.45) is 0 Å². The zero-order valence-corrected chi connectivity index (χ0v) is 10.3. The Morgan fingerprint density at radius 2 is 2.18 bits per heavy atom. The number of carbonyl (C=O) groups is 1. The fourth-order valence-electron chi connectivity index (χ4n) is 1.42. The van der Waals surface area contributed by atoms with Gasteiger partial charge in [0.2, 0.25) is 0 Å². The predicted octanol–water partition coefficient (Wildman–Crippen LogP) is 2.77. The van der Waals surface area contributed by atoms with Crippen LogP contribution in [0.1, 0.15) is 23.6 Å². The minimum absolute atomic E-state index is 0.0283. The number of carbonyl (C=O) groups excluding carboxylic acids is 1. The molecule has 3 nitrogen and oxygen atoms in total. The number of aryl methyl sites for hydroxylation is 2. The average molecular weight is 229 g/mol. The number of esters is 1. The van der Waals surface area contributed by atoms with Gasteiger partial charge in [-0.15, -0.1) is 0 Å². The third-order valence-electron chi connectivity index (χ3n) is 2.35. The highest BCUT2D eigenvalue weighted by Crippen LogP contribution is 2.15. The van der Waals surface area contributed by atoms with E-state index in [1.54, 1.807) is 13.0 Å². The second-order valence-electron chi connectivity index (χ2n) is 3.75. The molecule has 0 aliphatic heterocycles. The van der Waals surface area contributed by atoms with Crippen molar-refractivity contribution in [3.8, 4) is 6.07 Å². The quantitative estimate of drug-likeness (QED) is 0.455. The molecule has 1 aromatic rings. The summed E-state index contributed by atoms with van der Waals surface area (Å²) in [6.45, 7) is 5.88. The molecule has 0 spiro atoms. The Bertz CT molecular complexity index is 495. The molecule has 1 aromatic carbocycles. The first-order valence-corrected chi connectivity index (χ1v) is 5.44. The summed E-state index contributed by atoms with van der Waals surface area (Å²) < 4.78 is 4.81. The maximum absolute atomic E-state index is 11.5. The molecule has 0 unspecified atom stereocenters. The molecular weight excluding hydrogens is 214 g/mol. The maximum atomic E-state index is 11.5. The lowest BCUT2D eigenvalue weighted by atomic mass is 10.0. The van der Waals surface area contributed by atoms with Gasteiger partial charge in [-0.25, -0.2) is 4.79 Å². The zero-order chi connectivity index (χ0) is 12.8. The lowest BCUT2D eigenvalue weighted by molar-refractivity contribution is -0.137. The van der Waals surface area contributed by atoms with Gasteiger partial charge in [0.05, 0.1) is 6.61 Å². The van der Waals surface area contributed by atoms with Crippen molar-refractivity contribution in [3.63, 3.8) is 0 Å². The minimum atomic E-state index is -0.573. The third kappa shape index (κ3) is 3.46. The van der Waals surface area contributed by atoms with E-state index in [0.717, 1.165) is 16.7 Å². The van der Waals surface area contributed by atoms with Crippen molar-refractivity contribution in [2.45, 2.75) is 20.8 Å². The monoisotopic (exact) mass is 229 g/mol. The molecule has 0 radical (unpaired) electrons. The molecular formula is C14H15NO2. The minimum Gasteiger partial charge on any atom is -0.462 e. The standard InChI is InChI=1S/C14H15NO2/c1-4-17-14(16)13(9-15)8-12-7-10(2)5-6-11(12)3/h5-8H,4H2,1-3H3. The van der Waals surface area contributed by atoms with Gasteiger partial charge in [0.25, 0.3) is 0 Å². The molecule has 0 amide bonds. The number of benzene rings is 1. The van der Waals surface area contributed by atoms with Gasteiger partial charge < -0.3 is 4.74 Å². The molecule has 0 bridgehead atoms. The van der Waals surface area contributed by atoms with Gasteiger partial charge in [0, 0.05) is 0 Å². The molecule has 0 aromatic heterocycles. The molecule has 0 saturated heterocycles. The first-order valence-electron chi connectivity index (χ1n) is 5.44. The van der Waals surface area contributed by atoms with Gasteiger partial charge in [0.1, 0.15) is 11.6 Å². The van der Waals surface area contributed by atoms with Gasteiger partial charge >= 0.3 is 5.97 Å². The first kappa shape index (κ1) is 13.0. The largest absolute Gasteiger partial charge is 0.462 e. The van der Waals surface area contributed by atoms with Crippen LogP contribution >= 0.6 is 0 Å². The van der Waals surface area contributed by atoms with Gasteiger partial charge in [-0.2, -0.15) is 5.26 Å². The van der Waals surface area contributed by atoms with Crippen LogP contribution < -0.4 is 0 Å². The van der Waals surface area contributed by atoms with Crippen LogP contribution in [0.5, 0.6) is 0 Å². The molecule has 0 heterocycles. The molecule has 0 fully saturated rings. The van der Waals surface area contributed by atoms with E-state index in [1.165, 1.54) is 0 Å². The SMILES string of the molecule is CCOC(=O)C(C#N)=Cc1cc(C)ccc1C. The topological polar surface area (TPSA) is 50.1 Å². The summed E-state index contributed by atoms with van der Waals surface area (Å²) >= 11 is 0. The summed E-state index contributed by atoms with van der Waals surface area (Å²) in [6.07, 6.45) is 1.57. The molecule has 3 heteroatoms. The highest BCUT2D eigenvalue weighted by molar-refractivity contribution is 5.98. The van der Waals surface area contributed by atoms with Gasteiger partial charge in [-0.3, -0.25) is 0 Å². The van der Waals surface area contributed by atoms with Gasteiger partial charge in [-0.1, -0.05) is 23.8 Å². The van der Waals surface area contributed by atoms with E-state index in [0.29, 0.717) is 0 Å². The number of hydrogen-bond donors (Lipinski definition) is 0. The van der Waals surface area contributed by atoms with E-state index in [4.69, 9.17) is 10.00 Å². The fraction of sp³-hybridized carbons (Fsp3) is 0.286. The van der Waals surface area contributed by atoms with E-state index in [2.05, 4.69) is 0 Å². The lowest BCUT2D eigenvalue weighted by Crippen LogP contribution is -2.06. The highest BCUT2D eigenvalue weighted by atomic mass is 16.5. The summed E-state index contributed by atoms with van der Waals surface area (Å²) in [5, 5.41) is 8.93. The second kappa shape index (κ2) is 5.86. The normalized spacial score (nSPS) is 10.8. The van der Waals surface area contributed by atoms with Crippen LogP contribution in [0, 0.1) is 25.2 Å². The number of nitrogens with zero attached hydrogens (tertiary/aromatic N) is 1. The lowest BCUT2D eigenvalue weighted by Gasteiger charge is -2.03. The number of hydrogen-bond acceptors (Lipinski definition) is 3. The molecule has 0 aliphatic carbocycles. The van der Waals surface area contributed by atoms with Crippen LogP contribution in [-0.2, 0) is 9.53 Å². The van der Waals surface area contributed by atoms with Crippen molar-refractivity contribution in [2.75, 3.05) is 6.61 Å². The molecule has 1 rings (SSSR count). The Morgan fingerprint density at radius 1 is 1.47 bits per heavy atom. The molecule has 0 saturated carbocycles. The number of nitriles is 1. The average Bonchev–Trinajstić information content (AvgIpc) is 2.30. The van der Waals surface area contributed by atoms with E-state index in [1.807, 2.05) is 38.1 Å². The van der Waals surface area contributed by atoms with Gasteiger partial charge in [0.15, 0.2) is 0 Å². The fourth-order valence-corrected chi connectivity index (χ4v) is 1.42. The summed E-state index contributed by atoms with van der Waals surface area (Å²) in [4.78, 5) is 11.5. The van der Waals surface area contributed by atoms with Crippen LogP contribution in [0.3, 0.4) is 0 Å². The smallest absolute Gasteiger partial charge is 0.348 e. The molecule has 17 heavy (non-hydrogen) atoms. The van der Waals surface area contributed by atoms with Crippen molar-refractivity contribution in [3.05, 3.63) is 40.5 Å². The highest BCUT2D eigenvalue weighted by Gasteiger charge is 2.10. The van der Waals surface area contributed by atoms with E-state index >= 15 is 0 Å².